The lowest BCUT2D eigenvalue weighted by Gasteiger charge is -2.09. The molecule has 0 fully saturated rings. The maximum atomic E-state index is 12.2. The van der Waals surface area contributed by atoms with Crippen molar-refractivity contribution in [2.75, 3.05) is 0 Å². The number of carbonyl (C=O) groups is 1. The first-order valence-electron chi connectivity index (χ1n) is 4.72. The van der Waals surface area contributed by atoms with Gasteiger partial charge in [0.25, 0.3) is 0 Å². The van der Waals surface area contributed by atoms with Crippen molar-refractivity contribution in [3.05, 3.63) is 22.4 Å². The van der Waals surface area contributed by atoms with Gasteiger partial charge in [-0.3, -0.25) is 4.79 Å². The summed E-state index contributed by atoms with van der Waals surface area (Å²) in [5.41, 5.74) is 0.424. The molecule has 18 heavy (non-hydrogen) atoms. The Balaban J connectivity index is 2.70. The van der Waals surface area contributed by atoms with Gasteiger partial charge < -0.3 is 9.72 Å². The van der Waals surface area contributed by atoms with Gasteiger partial charge in [-0.05, 0) is 22.9 Å². The number of fused-ring (bicyclic) bond motifs is 1. The van der Waals surface area contributed by atoms with Gasteiger partial charge in [-0.2, -0.15) is 0 Å². The summed E-state index contributed by atoms with van der Waals surface area (Å²) < 4.78 is 41.0. The van der Waals surface area contributed by atoms with Gasteiger partial charge in [0.05, 0.1) is 15.4 Å². The van der Waals surface area contributed by atoms with Crippen LogP contribution in [0.25, 0.3) is 10.9 Å². The maximum Gasteiger partial charge on any atom is 0.574 e. The molecule has 4 nitrogen and oxygen atoms in total. The van der Waals surface area contributed by atoms with E-state index in [1.54, 1.807) is 0 Å². The molecule has 0 aliphatic heterocycles. The zero-order chi connectivity index (χ0) is 13.5. The second kappa shape index (κ2) is 4.27. The van der Waals surface area contributed by atoms with Crippen molar-refractivity contribution in [3.8, 4) is 5.88 Å². The second-order valence-electron chi connectivity index (χ2n) is 3.47. The molecule has 0 spiro atoms. The van der Waals surface area contributed by atoms with E-state index >= 15 is 0 Å². The first-order valence-corrected chi connectivity index (χ1v) is 5.51. The molecule has 0 saturated carbocycles. The summed E-state index contributed by atoms with van der Waals surface area (Å²) in [6.07, 6.45) is -2.37. The third kappa shape index (κ3) is 2.33. The van der Waals surface area contributed by atoms with Gasteiger partial charge in [0, 0.05) is 18.0 Å². The van der Waals surface area contributed by atoms with Gasteiger partial charge in [0.15, 0.2) is 5.78 Å². The van der Waals surface area contributed by atoms with E-state index in [9.17, 15) is 18.0 Å². The fourth-order valence-corrected chi connectivity index (χ4v) is 1.96. The molecule has 2 aromatic rings. The van der Waals surface area contributed by atoms with E-state index < -0.39 is 12.2 Å². The number of hydrogen-bond acceptors (Lipinski definition) is 3. The molecule has 2 rings (SSSR count). The quantitative estimate of drug-likeness (QED) is 0.862. The molecule has 0 radical (unpaired) electrons. The lowest BCUT2D eigenvalue weighted by molar-refractivity contribution is -0.275. The highest BCUT2D eigenvalue weighted by Crippen LogP contribution is 2.34. The molecule has 2 heterocycles. The SMILES string of the molecule is CC(=O)c1c[nH]c2c(Br)cnc(OC(F)(F)F)c12. The Hall–Kier alpha value is -1.57. The van der Waals surface area contributed by atoms with E-state index in [2.05, 4.69) is 30.6 Å². The number of pyridine rings is 1. The second-order valence-corrected chi connectivity index (χ2v) is 4.32. The summed E-state index contributed by atoms with van der Waals surface area (Å²) in [6, 6.07) is 0. The van der Waals surface area contributed by atoms with Crippen LogP contribution in [-0.4, -0.2) is 22.1 Å². The molecule has 0 atom stereocenters. The summed E-state index contributed by atoms with van der Waals surface area (Å²) in [7, 11) is 0. The monoisotopic (exact) mass is 322 g/mol. The lowest BCUT2D eigenvalue weighted by Crippen LogP contribution is -2.18. The Kier molecular flexibility index (Phi) is 3.05. The van der Waals surface area contributed by atoms with Crippen LogP contribution in [0.5, 0.6) is 5.88 Å². The molecule has 2 aromatic heterocycles. The van der Waals surface area contributed by atoms with Crippen LogP contribution in [0, 0.1) is 0 Å². The van der Waals surface area contributed by atoms with Crippen molar-refractivity contribution in [2.45, 2.75) is 13.3 Å². The Bertz CT molecular complexity index is 621. The average Bonchev–Trinajstić information content (AvgIpc) is 2.65. The van der Waals surface area contributed by atoms with Crippen LogP contribution in [0.2, 0.25) is 0 Å². The molecule has 1 N–H and O–H groups in total. The van der Waals surface area contributed by atoms with Crippen LogP contribution in [0.1, 0.15) is 17.3 Å². The van der Waals surface area contributed by atoms with Crippen molar-refractivity contribution in [2.24, 2.45) is 0 Å². The van der Waals surface area contributed by atoms with Gasteiger partial charge >= 0.3 is 6.36 Å². The number of carbonyl (C=O) groups excluding carboxylic acids is 1. The number of aromatic amines is 1. The van der Waals surface area contributed by atoms with E-state index in [0.29, 0.717) is 9.99 Å². The minimum atomic E-state index is -4.86. The van der Waals surface area contributed by atoms with Crippen LogP contribution in [0.3, 0.4) is 0 Å². The van der Waals surface area contributed by atoms with E-state index in [4.69, 9.17) is 0 Å². The number of hydrogen-bond donors (Lipinski definition) is 1. The van der Waals surface area contributed by atoms with Gasteiger partial charge in [-0.15, -0.1) is 13.2 Å². The number of Topliss-reactive ketones (excluding diaryl/α,β-unsaturated/α-hetero) is 1. The molecular formula is C10H6BrF3N2O2. The first-order chi connectivity index (χ1) is 8.29. The smallest absolute Gasteiger partial charge is 0.387 e. The topological polar surface area (TPSA) is 55.0 Å². The third-order valence-corrected chi connectivity index (χ3v) is 2.82. The molecule has 8 heteroatoms. The molecule has 0 bridgehead atoms. The van der Waals surface area contributed by atoms with E-state index in [0.717, 1.165) is 0 Å². The number of ether oxygens (including phenoxy) is 1. The van der Waals surface area contributed by atoms with Gasteiger partial charge in [-0.25, -0.2) is 4.98 Å². The van der Waals surface area contributed by atoms with E-state index in [1.807, 2.05) is 0 Å². The minimum Gasteiger partial charge on any atom is -0.387 e. The number of aromatic nitrogens is 2. The number of alkyl halides is 3. The first kappa shape index (κ1) is 12.9. The number of H-pyrrole nitrogens is 1. The molecule has 0 unspecified atom stereocenters. The molecule has 0 aliphatic rings. The number of nitrogens with zero attached hydrogens (tertiary/aromatic N) is 1. The number of rotatable bonds is 2. The zero-order valence-electron chi connectivity index (χ0n) is 8.93. The fourth-order valence-electron chi connectivity index (χ4n) is 1.54. The Morgan fingerprint density at radius 2 is 2.17 bits per heavy atom. The summed E-state index contributed by atoms with van der Waals surface area (Å²) in [4.78, 5) is 17.6. The number of nitrogens with one attached hydrogen (secondary N) is 1. The van der Waals surface area contributed by atoms with Crippen molar-refractivity contribution >= 4 is 32.6 Å². The van der Waals surface area contributed by atoms with Crippen LogP contribution >= 0.6 is 15.9 Å². The molecule has 0 saturated heterocycles. The summed E-state index contributed by atoms with van der Waals surface area (Å²) >= 11 is 3.13. The van der Waals surface area contributed by atoms with Gasteiger partial charge in [-0.1, -0.05) is 0 Å². The highest BCUT2D eigenvalue weighted by atomic mass is 79.9. The highest BCUT2D eigenvalue weighted by molar-refractivity contribution is 9.10. The summed E-state index contributed by atoms with van der Waals surface area (Å²) in [6.45, 7) is 1.25. The molecule has 0 aromatic carbocycles. The van der Waals surface area contributed by atoms with Crippen molar-refractivity contribution in [1.29, 1.82) is 0 Å². The van der Waals surface area contributed by atoms with E-state index in [-0.39, 0.29) is 16.7 Å². The lowest BCUT2D eigenvalue weighted by atomic mass is 10.1. The molecule has 0 amide bonds. The normalized spacial score (nSPS) is 11.8. The van der Waals surface area contributed by atoms with Crippen molar-refractivity contribution < 1.29 is 22.7 Å². The number of halogens is 4. The molecule has 0 aliphatic carbocycles. The van der Waals surface area contributed by atoms with Crippen LogP contribution < -0.4 is 4.74 Å². The fraction of sp³-hybridized carbons (Fsp3) is 0.200. The summed E-state index contributed by atoms with van der Waals surface area (Å²) in [5.74, 6) is -1.03. The van der Waals surface area contributed by atoms with Crippen molar-refractivity contribution in [1.82, 2.24) is 9.97 Å². The highest BCUT2D eigenvalue weighted by Gasteiger charge is 2.33. The predicted octanol–water partition coefficient (Wildman–Crippen LogP) is 3.43. The number of ketones is 1. The Morgan fingerprint density at radius 1 is 1.50 bits per heavy atom. The maximum absolute atomic E-state index is 12.2. The molecule has 96 valence electrons. The van der Waals surface area contributed by atoms with Crippen LogP contribution in [0.15, 0.2) is 16.9 Å². The standard InChI is InChI=1S/C10H6BrF3N2O2/c1-4(17)5-2-15-8-6(11)3-16-9(7(5)8)18-10(12,13)14/h2-3,15H,1H3. The third-order valence-electron chi connectivity index (χ3n) is 2.22. The predicted molar refractivity (Wildman–Crippen MR) is 60.5 cm³/mol. The zero-order valence-corrected chi connectivity index (χ0v) is 10.5. The van der Waals surface area contributed by atoms with Gasteiger partial charge in [0.2, 0.25) is 5.88 Å². The Morgan fingerprint density at radius 3 is 2.72 bits per heavy atom. The van der Waals surface area contributed by atoms with Crippen LogP contribution in [-0.2, 0) is 0 Å². The van der Waals surface area contributed by atoms with Gasteiger partial charge in [0.1, 0.15) is 0 Å². The van der Waals surface area contributed by atoms with Crippen LogP contribution in [0.4, 0.5) is 13.2 Å². The largest absolute Gasteiger partial charge is 0.574 e. The average molecular weight is 323 g/mol. The Labute approximate surface area is 107 Å². The summed E-state index contributed by atoms with van der Waals surface area (Å²) in [5, 5.41) is 0.00852. The molecular weight excluding hydrogens is 317 g/mol. The van der Waals surface area contributed by atoms with E-state index in [1.165, 1.54) is 19.3 Å². The minimum absolute atomic E-state index is 0.00852. The van der Waals surface area contributed by atoms with Crippen molar-refractivity contribution in [3.63, 3.8) is 0 Å².